The minimum Gasteiger partial charge on any atom is -0.486 e. The average molecular weight is 352 g/mol. The van der Waals surface area contributed by atoms with Gasteiger partial charge in [0.05, 0.1) is 6.04 Å². The van der Waals surface area contributed by atoms with Crippen molar-refractivity contribution in [3.8, 4) is 11.5 Å². The van der Waals surface area contributed by atoms with Crippen LogP contribution in [0.25, 0.3) is 0 Å². The predicted molar refractivity (Wildman–Crippen MR) is 85.6 cm³/mol. The number of hydrogen-bond acceptors (Lipinski definition) is 3. The molecular formula is C16H18BrNO3. The van der Waals surface area contributed by atoms with E-state index in [0.29, 0.717) is 19.0 Å². The Hall–Kier alpha value is -1.75. The zero-order valence-corrected chi connectivity index (χ0v) is 13.6. The number of ether oxygens (including phenoxy) is 2. The molecule has 0 saturated carbocycles. The molecule has 1 aliphatic heterocycles. The molecule has 112 valence electrons. The highest BCUT2D eigenvalue weighted by atomic mass is 79.9. The zero-order chi connectivity index (χ0) is 15.2. The lowest BCUT2D eigenvalue weighted by atomic mass is 10.1. The third-order valence-electron chi connectivity index (χ3n) is 3.04. The van der Waals surface area contributed by atoms with Gasteiger partial charge in [-0.25, -0.2) is 0 Å². The van der Waals surface area contributed by atoms with Crippen LogP contribution in [0.3, 0.4) is 0 Å². The van der Waals surface area contributed by atoms with Crippen molar-refractivity contribution in [1.29, 1.82) is 0 Å². The van der Waals surface area contributed by atoms with Gasteiger partial charge in [0.2, 0.25) is 5.91 Å². The lowest BCUT2D eigenvalue weighted by Crippen LogP contribution is -2.25. The van der Waals surface area contributed by atoms with Gasteiger partial charge in [0.15, 0.2) is 11.5 Å². The van der Waals surface area contributed by atoms with Crippen molar-refractivity contribution in [1.82, 2.24) is 5.32 Å². The number of carbonyl (C=O) groups excluding carboxylic acids is 1. The molecule has 0 aliphatic carbocycles. The molecule has 0 radical (unpaired) electrons. The third-order valence-corrected chi connectivity index (χ3v) is 3.72. The zero-order valence-electron chi connectivity index (χ0n) is 12.1. The van der Waals surface area contributed by atoms with Crippen LogP contribution >= 0.6 is 15.9 Å². The first-order valence-corrected chi connectivity index (χ1v) is 7.60. The smallest absolute Gasteiger partial charge is 0.244 e. The van der Waals surface area contributed by atoms with E-state index >= 15 is 0 Å². The van der Waals surface area contributed by atoms with Crippen LogP contribution in [0.4, 0.5) is 0 Å². The molecule has 1 N–H and O–H groups in total. The van der Waals surface area contributed by atoms with Crippen molar-refractivity contribution in [2.75, 3.05) is 13.2 Å². The van der Waals surface area contributed by atoms with Crippen LogP contribution in [-0.4, -0.2) is 19.1 Å². The lowest BCUT2D eigenvalue weighted by Gasteiger charge is -2.22. The van der Waals surface area contributed by atoms with Gasteiger partial charge in [-0.15, -0.1) is 0 Å². The molecule has 1 unspecified atom stereocenters. The molecule has 2 rings (SSSR count). The number of rotatable bonds is 4. The van der Waals surface area contributed by atoms with Crippen LogP contribution in [-0.2, 0) is 4.79 Å². The second kappa shape index (κ2) is 7.31. The van der Waals surface area contributed by atoms with Crippen molar-refractivity contribution < 1.29 is 14.3 Å². The second-order valence-corrected chi connectivity index (χ2v) is 5.49. The van der Waals surface area contributed by atoms with Gasteiger partial charge in [-0.05, 0) is 31.5 Å². The second-order valence-electron chi connectivity index (χ2n) is 4.63. The van der Waals surface area contributed by atoms with Crippen molar-refractivity contribution in [2.24, 2.45) is 0 Å². The largest absolute Gasteiger partial charge is 0.486 e. The van der Waals surface area contributed by atoms with Gasteiger partial charge in [-0.1, -0.05) is 34.2 Å². The molecule has 4 nitrogen and oxygen atoms in total. The fourth-order valence-electron chi connectivity index (χ4n) is 2.00. The standard InChI is InChI=1S/C16H18BrNO3/c1-3-4-5-6-16(19)18-11(2)12-9-14-15(10-13(12)17)21-8-7-20-14/h3-6,9-11H,7-8H2,1-2H3,(H,18,19)/b4-3+,6-5+. The van der Waals surface area contributed by atoms with E-state index in [9.17, 15) is 4.79 Å². The molecule has 1 aromatic rings. The lowest BCUT2D eigenvalue weighted by molar-refractivity contribution is -0.117. The Morgan fingerprint density at radius 1 is 1.29 bits per heavy atom. The fraction of sp³-hybridized carbons (Fsp3) is 0.312. The number of allylic oxidation sites excluding steroid dienone is 3. The molecule has 1 aliphatic rings. The summed E-state index contributed by atoms with van der Waals surface area (Å²) in [6.45, 7) is 4.93. The summed E-state index contributed by atoms with van der Waals surface area (Å²) in [4.78, 5) is 11.8. The summed E-state index contributed by atoms with van der Waals surface area (Å²) in [7, 11) is 0. The van der Waals surface area contributed by atoms with E-state index in [1.165, 1.54) is 6.08 Å². The molecule has 0 saturated heterocycles. The van der Waals surface area contributed by atoms with Crippen molar-refractivity contribution in [3.63, 3.8) is 0 Å². The van der Waals surface area contributed by atoms with Crippen LogP contribution in [0.2, 0.25) is 0 Å². The Morgan fingerprint density at radius 3 is 2.62 bits per heavy atom. The highest BCUT2D eigenvalue weighted by Crippen LogP contribution is 2.37. The quantitative estimate of drug-likeness (QED) is 0.666. The van der Waals surface area contributed by atoms with Crippen molar-refractivity contribution in [3.05, 3.63) is 46.5 Å². The first-order valence-electron chi connectivity index (χ1n) is 6.80. The van der Waals surface area contributed by atoms with Gasteiger partial charge < -0.3 is 14.8 Å². The number of carbonyl (C=O) groups is 1. The fourth-order valence-corrected chi connectivity index (χ4v) is 2.67. The summed E-state index contributed by atoms with van der Waals surface area (Å²) in [5.41, 5.74) is 0.951. The van der Waals surface area contributed by atoms with Gasteiger partial charge in [0.1, 0.15) is 13.2 Å². The number of nitrogens with one attached hydrogen (secondary N) is 1. The average Bonchev–Trinajstić information content (AvgIpc) is 2.46. The Morgan fingerprint density at radius 2 is 1.95 bits per heavy atom. The first kappa shape index (κ1) is 15.6. The predicted octanol–water partition coefficient (Wildman–Crippen LogP) is 3.53. The highest BCUT2D eigenvalue weighted by molar-refractivity contribution is 9.10. The van der Waals surface area contributed by atoms with Crippen molar-refractivity contribution >= 4 is 21.8 Å². The van der Waals surface area contributed by atoms with E-state index in [2.05, 4.69) is 21.2 Å². The van der Waals surface area contributed by atoms with Crippen molar-refractivity contribution in [2.45, 2.75) is 19.9 Å². The van der Waals surface area contributed by atoms with Crippen LogP contribution in [0.1, 0.15) is 25.5 Å². The topological polar surface area (TPSA) is 47.6 Å². The third kappa shape index (κ3) is 4.11. The summed E-state index contributed by atoms with van der Waals surface area (Å²) in [6, 6.07) is 3.64. The molecule has 0 aromatic heterocycles. The summed E-state index contributed by atoms with van der Waals surface area (Å²) >= 11 is 3.51. The normalized spacial score (nSPS) is 15.4. The van der Waals surface area contributed by atoms with E-state index < -0.39 is 0 Å². The molecule has 1 heterocycles. The highest BCUT2D eigenvalue weighted by Gasteiger charge is 2.18. The van der Waals surface area contributed by atoms with Gasteiger partial charge >= 0.3 is 0 Å². The van der Waals surface area contributed by atoms with Crippen LogP contribution in [0.5, 0.6) is 11.5 Å². The number of halogens is 1. The summed E-state index contributed by atoms with van der Waals surface area (Å²) in [6.07, 6.45) is 6.89. The van der Waals surface area contributed by atoms with Gasteiger partial charge in [-0.3, -0.25) is 4.79 Å². The minimum absolute atomic E-state index is 0.137. The SMILES string of the molecule is C/C=C/C=C/C(=O)NC(C)c1cc2c(cc1Br)OCCO2. The monoisotopic (exact) mass is 351 g/mol. The molecule has 0 bridgehead atoms. The first-order chi connectivity index (χ1) is 10.1. The van der Waals surface area contributed by atoms with Crippen LogP contribution in [0.15, 0.2) is 40.9 Å². The molecule has 0 fully saturated rings. The maximum Gasteiger partial charge on any atom is 0.244 e. The van der Waals surface area contributed by atoms with E-state index in [1.807, 2.05) is 38.1 Å². The molecule has 0 spiro atoms. The molecule has 1 aromatic carbocycles. The molecule has 1 amide bonds. The molecule has 21 heavy (non-hydrogen) atoms. The van der Waals surface area contributed by atoms with E-state index in [0.717, 1.165) is 15.8 Å². The number of benzene rings is 1. The number of hydrogen-bond donors (Lipinski definition) is 1. The minimum atomic E-state index is -0.141. The summed E-state index contributed by atoms with van der Waals surface area (Å²) in [5, 5.41) is 2.92. The van der Waals surface area contributed by atoms with E-state index in [1.54, 1.807) is 6.08 Å². The maximum absolute atomic E-state index is 11.8. The van der Waals surface area contributed by atoms with Crippen LogP contribution in [0, 0.1) is 0 Å². The van der Waals surface area contributed by atoms with E-state index in [-0.39, 0.29) is 11.9 Å². The van der Waals surface area contributed by atoms with Gasteiger partial charge in [-0.2, -0.15) is 0 Å². The Labute approximate surface area is 133 Å². The van der Waals surface area contributed by atoms with Crippen LogP contribution < -0.4 is 14.8 Å². The van der Waals surface area contributed by atoms with E-state index in [4.69, 9.17) is 9.47 Å². The molecule has 1 atom stereocenters. The summed E-state index contributed by atoms with van der Waals surface area (Å²) < 4.78 is 12.0. The number of fused-ring (bicyclic) bond motifs is 1. The van der Waals surface area contributed by atoms with Gasteiger partial charge in [0.25, 0.3) is 0 Å². The Bertz CT molecular complexity index is 581. The number of amides is 1. The Kier molecular flexibility index (Phi) is 5.44. The molecular weight excluding hydrogens is 334 g/mol. The molecule has 5 heteroatoms. The summed E-state index contributed by atoms with van der Waals surface area (Å²) in [5.74, 6) is 1.30. The van der Waals surface area contributed by atoms with Gasteiger partial charge in [0, 0.05) is 10.5 Å². The Balaban J connectivity index is 2.12. The maximum atomic E-state index is 11.8.